The van der Waals surface area contributed by atoms with Crippen molar-refractivity contribution in [1.29, 1.82) is 0 Å². The van der Waals surface area contributed by atoms with Gasteiger partial charge >= 0.3 is 0 Å². The van der Waals surface area contributed by atoms with Gasteiger partial charge in [0.2, 0.25) is 5.91 Å². The summed E-state index contributed by atoms with van der Waals surface area (Å²) in [4.78, 5) is 15.4. The Balaban J connectivity index is 0.00000420. The number of hydrogen-bond donors (Lipinski definition) is 3. The van der Waals surface area contributed by atoms with Gasteiger partial charge in [-0.25, -0.2) is 0 Å². The lowest BCUT2D eigenvalue weighted by molar-refractivity contribution is 0.100. The summed E-state index contributed by atoms with van der Waals surface area (Å²) in [7, 11) is 1.74. The number of halogens is 1. The van der Waals surface area contributed by atoms with Crippen LogP contribution >= 0.6 is 24.0 Å². The van der Waals surface area contributed by atoms with E-state index in [4.69, 9.17) is 10.5 Å². The Morgan fingerprint density at radius 2 is 1.69 bits per heavy atom. The highest BCUT2D eigenvalue weighted by atomic mass is 127. The monoisotopic (exact) mass is 510 g/mol. The highest BCUT2D eigenvalue weighted by molar-refractivity contribution is 14.0. The molecule has 0 aliphatic heterocycles. The Kier molecular flexibility index (Phi) is 10.5. The third-order valence-electron chi connectivity index (χ3n) is 4.24. The fourth-order valence-corrected chi connectivity index (χ4v) is 2.57. The summed E-state index contributed by atoms with van der Waals surface area (Å²) in [5.41, 5.74) is 7.94. The zero-order valence-corrected chi connectivity index (χ0v) is 19.8. The van der Waals surface area contributed by atoms with Gasteiger partial charge in [0.25, 0.3) is 0 Å². The molecule has 0 saturated carbocycles. The SMILES string of the molecule is CN=C(NCc1ccc(C(N)=O)cc1)NC(C)c1ccc(OCC(C)C)cc1.I. The summed E-state index contributed by atoms with van der Waals surface area (Å²) in [5.74, 6) is 1.66. The van der Waals surface area contributed by atoms with E-state index in [1.807, 2.05) is 24.3 Å². The average Bonchev–Trinajstić information content (AvgIpc) is 2.70. The first-order valence-corrected chi connectivity index (χ1v) is 9.47. The normalized spacial score (nSPS) is 12.1. The van der Waals surface area contributed by atoms with Crippen molar-refractivity contribution in [3.05, 3.63) is 65.2 Å². The van der Waals surface area contributed by atoms with Crippen molar-refractivity contribution in [2.24, 2.45) is 16.6 Å². The third-order valence-corrected chi connectivity index (χ3v) is 4.24. The van der Waals surface area contributed by atoms with Crippen LogP contribution in [0.3, 0.4) is 0 Å². The summed E-state index contributed by atoms with van der Waals surface area (Å²) in [6, 6.07) is 15.4. The lowest BCUT2D eigenvalue weighted by atomic mass is 10.1. The Labute approximate surface area is 190 Å². The molecule has 0 aromatic heterocycles. The molecule has 0 saturated heterocycles. The van der Waals surface area contributed by atoms with Crippen LogP contribution in [0.1, 0.15) is 48.3 Å². The Morgan fingerprint density at radius 3 is 2.21 bits per heavy atom. The number of amides is 1. The summed E-state index contributed by atoms with van der Waals surface area (Å²) in [6.45, 7) is 7.65. The fraction of sp³-hybridized carbons (Fsp3) is 0.364. The molecule has 0 heterocycles. The molecule has 2 aromatic carbocycles. The van der Waals surface area contributed by atoms with Gasteiger partial charge in [0.15, 0.2) is 5.96 Å². The molecule has 0 bridgehead atoms. The predicted octanol–water partition coefficient (Wildman–Crippen LogP) is 3.86. The van der Waals surface area contributed by atoms with Crippen LogP contribution in [0.5, 0.6) is 5.75 Å². The van der Waals surface area contributed by atoms with E-state index in [0.717, 1.165) is 16.9 Å². The van der Waals surface area contributed by atoms with Gasteiger partial charge in [0, 0.05) is 19.2 Å². The van der Waals surface area contributed by atoms with Gasteiger partial charge in [0.05, 0.1) is 12.6 Å². The number of carbonyl (C=O) groups excluding carboxylic acids is 1. The molecule has 7 heteroatoms. The van der Waals surface area contributed by atoms with E-state index in [2.05, 4.69) is 48.5 Å². The van der Waals surface area contributed by atoms with Crippen LogP contribution in [0.15, 0.2) is 53.5 Å². The summed E-state index contributed by atoms with van der Waals surface area (Å²) in [5, 5.41) is 6.65. The summed E-state index contributed by atoms with van der Waals surface area (Å²) in [6.07, 6.45) is 0. The minimum Gasteiger partial charge on any atom is -0.493 e. The van der Waals surface area contributed by atoms with Gasteiger partial charge in [0.1, 0.15) is 5.75 Å². The molecule has 2 rings (SSSR count). The molecule has 4 N–H and O–H groups in total. The van der Waals surface area contributed by atoms with E-state index in [0.29, 0.717) is 30.6 Å². The molecule has 0 aliphatic carbocycles. The topological polar surface area (TPSA) is 88.7 Å². The number of benzene rings is 2. The average molecular weight is 510 g/mol. The number of carbonyl (C=O) groups is 1. The molecule has 1 atom stereocenters. The van der Waals surface area contributed by atoms with E-state index in [9.17, 15) is 4.79 Å². The van der Waals surface area contributed by atoms with E-state index < -0.39 is 5.91 Å². The summed E-state index contributed by atoms with van der Waals surface area (Å²) >= 11 is 0. The number of aliphatic imine (C=N–C) groups is 1. The van der Waals surface area contributed by atoms with Crippen LogP contribution in [-0.4, -0.2) is 25.5 Å². The van der Waals surface area contributed by atoms with Gasteiger partial charge in [-0.2, -0.15) is 0 Å². The van der Waals surface area contributed by atoms with Crippen molar-refractivity contribution in [2.75, 3.05) is 13.7 Å². The maximum Gasteiger partial charge on any atom is 0.248 e. The van der Waals surface area contributed by atoms with Crippen LogP contribution in [-0.2, 0) is 6.54 Å². The van der Waals surface area contributed by atoms with Crippen LogP contribution < -0.4 is 21.1 Å². The number of nitrogens with zero attached hydrogens (tertiary/aromatic N) is 1. The van der Waals surface area contributed by atoms with Crippen LogP contribution in [0.4, 0.5) is 0 Å². The molecule has 1 unspecified atom stereocenters. The molecular weight excluding hydrogens is 479 g/mol. The number of guanidine groups is 1. The minimum absolute atomic E-state index is 0. The molecular formula is C22H31IN4O2. The first-order valence-electron chi connectivity index (χ1n) is 9.47. The Morgan fingerprint density at radius 1 is 1.07 bits per heavy atom. The Bertz CT molecular complexity index is 789. The number of primary amides is 1. The number of rotatable bonds is 8. The molecule has 29 heavy (non-hydrogen) atoms. The second-order valence-electron chi connectivity index (χ2n) is 7.13. The van der Waals surface area contributed by atoms with Gasteiger partial charge < -0.3 is 21.1 Å². The fourth-order valence-electron chi connectivity index (χ4n) is 2.57. The van der Waals surface area contributed by atoms with Crippen molar-refractivity contribution in [3.63, 3.8) is 0 Å². The number of hydrogen-bond acceptors (Lipinski definition) is 3. The number of nitrogens with one attached hydrogen (secondary N) is 2. The maximum atomic E-state index is 11.1. The quantitative estimate of drug-likeness (QED) is 0.286. The highest BCUT2D eigenvalue weighted by Crippen LogP contribution is 2.18. The van der Waals surface area contributed by atoms with Gasteiger partial charge in [-0.05, 0) is 48.2 Å². The first-order chi connectivity index (χ1) is 13.4. The van der Waals surface area contributed by atoms with E-state index in [-0.39, 0.29) is 30.0 Å². The van der Waals surface area contributed by atoms with E-state index >= 15 is 0 Å². The van der Waals surface area contributed by atoms with Crippen LogP contribution in [0.2, 0.25) is 0 Å². The van der Waals surface area contributed by atoms with Crippen molar-refractivity contribution in [1.82, 2.24) is 10.6 Å². The number of nitrogens with two attached hydrogens (primary N) is 1. The van der Waals surface area contributed by atoms with Gasteiger partial charge in [-0.3, -0.25) is 9.79 Å². The van der Waals surface area contributed by atoms with E-state index in [1.54, 1.807) is 19.2 Å². The molecule has 2 aromatic rings. The predicted molar refractivity (Wildman–Crippen MR) is 129 cm³/mol. The molecule has 0 aliphatic rings. The maximum absolute atomic E-state index is 11.1. The third kappa shape index (κ3) is 8.31. The zero-order chi connectivity index (χ0) is 20.5. The highest BCUT2D eigenvalue weighted by Gasteiger charge is 2.09. The number of ether oxygens (including phenoxy) is 1. The molecule has 6 nitrogen and oxygen atoms in total. The standard InChI is InChI=1S/C22H30N4O2.HI/c1-15(2)14-28-20-11-9-18(10-12-20)16(3)26-22(24-4)25-13-17-5-7-19(8-6-17)21(23)27;/h5-12,15-16H,13-14H2,1-4H3,(H2,23,27)(H2,24,25,26);1H. The second-order valence-corrected chi connectivity index (χ2v) is 7.13. The molecule has 0 fully saturated rings. The smallest absolute Gasteiger partial charge is 0.248 e. The van der Waals surface area contributed by atoms with Crippen molar-refractivity contribution < 1.29 is 9.53 Å². The molecule has 0 radical (unpaired) electrons. The second kappa shape index (κ2) is 12.3. The van der Waals surface area contributed by atoms with Gasteiger partial charge in [-0.15, -0.1) is 24.0 Å². The molecule has 158 valence electrons. The van der Waals surface area contributed by atoms with Crippen LogP contribution in [0, 0.1) is 5.92 Å². The van der Waals surface area contributed by atoms with Gasteiger partial charge in [-0.1, -0.05) is 38.1 Å². The first kappa shape index (κ1) is 24.7. The lowest BCUT2D eigenvalue weighted by Crippen LogP contribution is -2.38. The van der Waals surface area contributed by atoms with Crippen LogP contribution in [0.25, 0.3) is 0 Å². The van der Waals surface area contributed by atoms with Crippen molar-refractivity contribution in [3.8, 4) is 5.75 Å². The summed E-state index contributed by atoms with van der Waals surface area (Å²) < 4.78 is 5.73. The van der Waals surface area contributed by atoms with Crippen molar-refractivity contribution >= 4 is 35.8 Å². The minimum atomic E-state index is -0.425. The lowest BCUT2D eigenvalue weighted by Gasteiger charge is -2.19. The van der Waals surface area contributed by atoms with Crippen molar-refractivity contribution in [2.45, 2.75) is 33.4 Å². The van der Waals surface area contributed by atoms with E-state index in [1.165, 1.54) is 0 Å². The largest absolute Gasteiger partial charge is 0.493 e. The zero-order valence-electron chi connectivity index (χ0n) is 17.4. The molecule has 1 amide bonds. The Hall–Kier alpha value is -2.29. The molecule has 0 spiro atoms.